The van der Waals surface area contributed by atoms with Gasteiger partial charge in [0.25, 0.3) is 11.5 Å². The third-order valence-corrected chi connectivity index (χ3v) is 8.11. The summed E-state index contributed by atoms with van der Waals surface area (Å²) in [6.07, 6.45) is 5.76. The van der Waals surface area contributed by atoms with Gasteiger partial charge in [0, 0.05) is 63.5 Å². The Morgan fingerprint density at radius 1 is 1.06 bits per heavy atom. The van der Waals surface area contributed by atoms with Crippen molar-refractivity contribution in [3.8, 4) is 0 Å². The molecule has 2 aromatic heterocycles. The molecule has 5 heterocycles. The number of nitrogens with one attached hydrogen (secondary N) is 1. The molecular weight excluding hydrogens is 458 g/mol. The Hall–Kier alpha value is -2.75. The lowest BCUT2D eigenvalue weighted by molar-refractivity contribution is 0.0274. The van der Waals surface area contributed by atoms with Crippen LogP contribution in [0.1, 0.15) is 47.6 Å². The van der Waals surface area contributed by atoms with E-state index in [0.717, 1.165) is 87.2 Å². The van der Waals surface area contributed by atoms with Crippen LogP contribution in [-0.4, -0.2) is 89.6 Å². The molecule has 1 atom stereocenters. The van der Waals surface area contributed by atoms with Crippen molar-refractivity contribution < 1.29 is 14.3 Å². The Labute approximate surface area is 210 Å². The second-order valence-electron chi connectivity index (χ2n) is 10.5. The van der Waals surface area contributed by atoms with Crippen LogP contribution in [0.5, 0.6) is 0 Å². The molecule has 1 N–H and O–H groups in total. The number of H-pyrrole nitrogens is 1. The third-order valence-electron chi connectivity index (χ3n) is 8.11. The molecule has 9 nitrogen and oxygen atoms in total. The van der Waals surface area contributed by atoms with Crippen LogP contribution in [0.4, 0.5) is 0 Å². The SMILES string of the molecule is Cc1cc2[nH]c(=O)c3cnn(C4CCOCC4)c3c2cc1C(=O)N1CCN(CC2CCCOC2)CC1. The van der Waals surface area contributed by atoms with Gasteiger partial charge in [-0.25, -0.2) is 0 Å². The predicted octanol–water partition coefficient (Wildman–Crippen LogP) is 2.72. The minimum atomic E-state index is -0.145. The molecule has 3 aliphatic rings. The van der Waals surface area contributed by atoms with E-state index >= 15 is 0 Å². The number of hydrogen-bond donors (Lipinski definition) is 1. The maximum absolute atomic E-state index is 13.7. The van der Waals surface area contributed by atoms with Crippen LogP contribution < -0.4 is 5.56 Å². The molecule has 3 aliphatic heterocycles. The number of pyridine rings is 1. The summed E-state index contributed by atoms with van der Waals surface area (Å²) in [5.74, 6) is 0.667. The largest absolute Gasteiger partial charge is 0.381 e. The normalized spacial score (nSPS) is 22.5. The maximum Gasteiger partial charge on any atom is 0.259 e. The first-order chi connectivity index (χ1) is 17.6. The highest BCUT2D eigenvalue weighted by atomic mass is 16.5. The van der Waals surface area contributed by atoms with Gasteiger partial charge in [0.2, 0.25) is 0 Å². The molecule has 3 fully saturated rings. The number of aryl methyl sites for hydroxylation is 1. The fraction of sp³-hybridized carbons (Fsp3) is 0.593. The number of ether oxygens (including phenoxy) is 2. The van der Waals surface area contributed by atoms with Crippen LogP contribution in [0.15, 0.2) is 23.1 Å². The fourth-order valence-electron chi connectivity index (χ4n) is 6.05. The van der Waals surface area contributed by atoms with E-state index in [-0.39, 0.29) is 17.5 Å². The molecular formula is C27H35N5O4. The molecule has 0 bridgehead atoms. The molecule has 0 spiro atoms. The van der Waals surface area contributed by atoms with E-state index in [4.69, 9.17) is 9.47 Å². The first kappa shape index (κ1) is 23.6. The molecule has 1 unspecified atom stereocenters. The quantitative estimate of drug-likeness (QED) is 0.601. The average molecular weight is 494 g/mol. The number of amides is 1. The van der Waals surface area contributed by atoms with Gasteiger partial charge in [-0.2, -0.15) is 5.10 Å². The zero-order valence-corrected chi connectivity index (χ0v) is 21.0. The maximum atomic E-state index is 13.7. The van der Waals surface area contributed by atoms with Crippen LogP contribution >= 0.6 is 0 Å². The lowest BCUT2D eigenvalue weighted by Gasteiger charge is -2.37. The standard InChI is InChI=1S/C27H35N5O4/c1-18-13-24-22(25-23(26(33)29-24)15-28-32(25)20-4-11-35-12-5-20)14-21(18)27(34)31-8-6-30(7-9-31)16-19-3-2-10-36-17-19/h13-15,19-20H,2-12,16-17H2,1H3,(H,29,33). The Kier molecular flexibility index (Phi) is 6.54. The molecule has 0 aliphatic carbocycles. The van der Waals surface area contributed by atoms with Crippen LogP contribution in [0.25, 0.3) is 21.8 Å². The van der Waals surface area contributed by atoms with Gasteiger partial charge in [0.05, 0.1) is 35.3 Å². The number of carbonyl (C=O) groups is 1. The summed E-state index contributed by atoms with van der Waals surface area (Å²) in [7, 11) is 0. The summed E-state index contributed by atoms with van der Waals surface area (Å²) in [4.78, 5) is 33.9. The lowest BCUT2D eigenvalue weighted by atomic mass is 10.0. The van der Waals surface area contributed by atoms with Crippen molar-refractivity contribution in [2.75, 3.05) is 59.2 Å². The molecule has 0 saturated carbocycles. The van der Waals surface area contributed by atoms with Crippen LogP contribution in [-0.2, 0) is 9.47 Å². The smallest absolute Gasteiger partial charge is 0.259 e. The summed E-state index contributed by atoms with van der Waals surface area (Å²) >= 11 is 0. The summed E-state index contributed by atoms with van der Waals surface area (Å²) in [6, 6.07) is 4.09. The number of piperazine rings is 1. The predicted molar refractivity (Wildman–Crippen MR) is 138 cm³/mol. The number of rotatable bonds is 4. The minimum Gasteiger partial charge on any atom is -0.381 e. The van der Waals surface area contributed by atoms with Gasteiger partial charge >= 0.3 is 0 Å². The van der Waals surface area contributed by atoms with E-state index < -0.39 is 0 Å². The number of aromatic nitrogens is 3. The zero-order chi connectivity index (χ0) is 24.6. The molecule has 1 aromatic carbocycles. The Morgan fingerprint density at radius 2 is 1.86 bits per heavy atom. The van der Waals surface area contributed by atoms with E-state index in [9.17, 15) is 9.59 Å². The lowest BCUT2D eigenvalue weighted by Crippen LogP contribution is -2.50. The summed E-state index contributed by atoms with van der Waals surface area (Å²) < 4.78 is 13.2. The number of aromatic amines is 1. The fourth-order valence-corrected chi connectivity index (χ4v) is 6.05. The highest BCUT2D eigenvalue weighted by molar-refractivity contribution is 6.07. The monoisotopic (exact) mass is 493 g/mol. The van der Waals surface area contributed by atoms with Gasteiger partial charge in [-0.1, -0.05) is 0 Å². The molecule has 6 rings (SSSR count). The van der Waals surface area contributed by atoms with Crippen molar-refractivity contribution in [1.82, 2.24) is 24.6 Å². The molecule has 3 aromatic rings. The molecule has 1 amide bonds. The number of carbonyl (C=O) groups excluding carboxylic acids is 1. The van der Waals surface area contributed by atoms with E-state index in [1.807, 2.05) is 28.6 Å². The Morgan fingerprint density at radius 3 is 2.61 bits per heavy atom. The number of fused-ring (bicyclic) bond motifs is 3. The van der Waals surface area contributed by atoms with E-state index in [2.05, 4.69) is 15.0 Å². The van der Waals surface area contributed by atoms with Gasteiger partial charge in [-0.3, -0.25) is 19.2 Å². The van der Waals surface area contributed by atoms with Gasteiger partial charge in [-0.15, -0.1) is 0 Å². The average Bonchev–Trinajstić information content (AvgIpc) is 3.36. The van der Waals surface area contributed by atoms with Gasteiger partial charge < -0.3 is 19.4 Å². The highest BCUT2D eigenvalue weighted by Gasteiger charge is 2.27. The second-order valence-corrected chi connectivity index (χ2v) is 10.5. The van der Waals surface area contributed by atoms with Gasteiger partial charge in [-0.05, 0) is 56.2 Å². The second kappa shape index (κ2) is 9.95. The topological polar surface area (TPSA) is 92.7 Å². The summed E-state index contributed by atoms with van der Waals surface area (Å²) in [5.41, 5.74) is 2.99. The summed E-state index contributed by atoms with van der Waals surface area (Å²) in [5, 5.41) is 6.04. The highest BCUT2D eigenvalue weighted by Crippen LogP contribution is 2.30. The zero-order valence-electron chi connectivity index (χ0n) is 21.0. The van der Waals surface area contributed by atoms with Crippen molar-refractivity contribution >= 4 is 27.7 Å². The third kappa shape index (κ3) is 4.44. The molecule has 36 heavy (non-hydrogen) atoms. The van der Waals surface area contributed by atoms with E-state index in [0.29, 0.717) is 30.1 Å². The number of benzene rings is 1. The Balaban J connectivity index is 1.27. The van der Waals surface area contributed by atoms with Gasteiger partial charge in [0.15, 0.2) is 0 Å². The van der Waals surface area contributed by atoms with Crippen LogP contribution in [0, 0.1) is 12.8 Å². The van der Waals surface area contributed by atoms with E-state index in [1.165, 1.54) is 6.42 Å². The first-order valence-electron chi connectivity index (χ1n) is 13.3. The van der Waals surface area contributed by atoms with Crippen molar-refractivity contribution in [3.05, 3.63) is 39.8 Å². The van der Waals surface area contributed by atoms with Crippen molar-refractivity contribution in [2.24, 2.45) is 5.92 Å². The Bertz CT molecular complexity index is 1310. The molecule has 9 heteroatoms. The minimum absolute atomic E-state index is 0.0616. The molecule has 0 radical (unpaired) electrons. The van der Waals surface area contributed by atoms with Crippen molar-refractivity contribution in [3.63, 3.8) is 0 Å². The molecule has 192 valence electrons. The first-order valence-corrected chi connectivity index (χ1v) is 13.3. The van der Waals surface area contributed by atoms with Gasteiger partial charge in [0.1, 0.15) is 0 Å². The number of hydrogen-bond acceptors (Lipinski definition) is 6. The van der Waals surface area contributed by atoms with Crippen molar-refractivity contribution in [1.29, 1.82) is 0 Å². The van der Waals surface area contributed by atoms with Crippen LogP contribution in [0.3, 0.4) is 0 Å². The number of nitrogens with zero attached hydrogens (tertiary/aromatic N) is 4. The van der Waals surface area contributed by atoms with E-state index in [1.54, 1.807) is 6.20 Å². The summed E-state index contributed by atoms with van der Waals surface area (Å²) in [6.45, 7) is 9.37. The van der Waals surface area contributed by atoms with Crippen LogP contribution in [0.2, 0.25) is 0 Å². The molecule has 3 saturated heterocycles. The van der Waals surface area contributed by atoms with Crippen molar-refractivity contribution in [2.45, 2.75) is 38.6 Å².